The molecule has 0 amide bonds. The molecule has 0 aliphatic heterocycles. The van der Waals surface area contributed by atoms with Gasteiger partial charge in [0.2, 0.25) is 0 Å². The monoisotopic (exact) mass is 356 g/mol. The van der Waals surface area contributed by atoms with Crippen LogP contribution in [0.1, 0.15) is 0 Å². The predicted octanol–water partition coefficient (Wildman–Crippen LogP) is 0.410. The third-order valence-electron chi connectivity index (χ3n) is 3.02. The van der Waals surface area contributed by atoms with Gasteiger partial charge in [-0.25, -0.2) is 0 Å². The van der Waals surface area contributed by atoms with Crippen LogP contribution in [0.2, 0.25) is 0 Å². The zero-order valence-electron chi connectivity index (χ0n) is 14.2. The number of rotatable bonds is 14. The predicted molar refractivity (Wildman–Crippen MR) is 84.3 cm³/mol. The largest absolute Gasteiger partial charge is 0.527 e. The Labute approximate surface area is 134 Å². The molecule has 0 aromatic carbocycles. The van der Waals surface area contributed by atoms with Crippen LogP contribution in [0.4, 0.5) is 0 Å². The fourth-order valence-electron chi connectivity index (χ4n) is 1.49. The van der Waals surface area contributed by atoms with Gasteiger partial charge in [0.15, 0.2) is 0 Å². The molecular formula is C12H28O8Si2. The minimum atomic E-state index is -2.66. The molecule has 0 aliphatic rings. The molecule has 0 unspecified atom stereocenters. The van der Waals surface area contributed by atoms with E-state index < -0.39 is 17.6 Å². The van der Waals surface area contributed by atoms with E-state index in [4.69, 9.17) is 36.0 Å². The van der Waals surface area contributed by atoms with Gasteiger partial charge in [-0.05, 0) is 0 Å². The Balaban J connectivity index is 3.89. The van der Waals surface area contributed by atoms with E-state index in [-0.39, 0.29) is 12.5 Å². The molecule has 0 bridgehead atoms. The summed E-state index contributed by atoms with van der Waals surface area (Å²) in [7, 11) is 3.94. The molecule has 0 heterocycles. The summed E-state index contributed by atoms with van der Waals surface area (Å²) in [6.07, 6.45) is 4.26. The van der Waals surface area contributed by atoms with Gasteiger partial charge in [0.05, 0.1) is 13.2 Å². The highest BCUT2D eigenvalue weighted by molar-refractivity contribution is 6.60. The third-order valence-corrected chi connectivity index (χ3v) is 7.87. The van der Waals surface area contributed by atoms with Crippen molar-refractivity contribution < 1.29 is 36.0 Å². The molecular weight excluding hydrogens is 328 g/mol. The number of hydrogen-bond donors (Lipinski definition) is 0. The molecule has 0 saturated heterocycles. The lowest BCUT2D eigenvalue weighted by molar-refractivity contribution is 0.0694. The van der Waals surface area contributed by atoms with Crippen molar-refractivity contribution in [1.29, 1.82) is 0 Å². The van der Waals surface area contributed by atoms with E-state index in [1.165, 1.54) is 0 Å². The highest BCUT2D eigenvalue weighted by Crippen LogP contribution is 2.07. The lowest BCUT2D eigenvalue weighted by atomic mass is 10.5. The average molecular weight is 357 g/mol. The van der Waals surface area contributed by atoms with E-state index in [2.05, 4.69) is 0 Å². The molecule has 8 nitrogen and oxygen atoms in total. The number of hydrogen-bond acceptors (Lipinski definition) is 8. The van der Waals surface area contributed by atoms with Crippen LogP contribution in [0.5, 0.6) is 0 Å². The molecule has 0 aliphatic carbocycles. The first-order chi connectivity index (χ1) is 10.6. The Hall–Kier alpha value is -0.146. The van der Waals surface area contributed by atoms with Crippen molar-refractivity contribution in [2.75, 3.05) is 68.3 Å². The van der Waals surface area contributed by atoms with Crippen LogP contribution in [0.15, 0.2) is 12.2 Å². The van der Waals surface area contributed by atoms with E-state index >= 15 is 0 Å². The fourth-order valence-corrected chi connectivity index (χ4v) is 3.94. The van der Waals surface area contributed by atoms with Crippen LogP contribution in [-0.2, 0) is 36.0 Å². The standard InChI is InChI=1S/C12H28O8Si2/c1-13-21(14-2,15-3)11-19-9-7-8-10-20-12-22(16-4,17-5)18-6/h7-8H,9-12H2,1-6H3. The van der Waals surface area contributed by atoms with Crippen LogP contribution < -0.4 is 0 Å². The summed E-state index contributed by atoms with van der Waals surface area (Å²) in [5.74, 6) is 0. The quantitative estimate of drug-likeness (QED) is 0.252. The molecule has 22 heavy (non-hydrogen) atoms. The summed E-state index contributed by atoms with van der Waals surface area (Å²) in [5, 5.41) is 0. The van der Waals surface area contributed by atoms with Crippen molar-refractivity contribution in [2.24, 2.45) is 0 Å². The molecule has 0 atom stereocenters. The highest BCUT2D eigenvalue weighted by atomic mass is 28.4. The minimum absolute atomic E-state index is 0.286. The van der Waals surface area contributed by atoms with Crippen LogP contribution in [0.3, 0.4) is 0 Å². The van der Waals surface area contributed by atoms with Crippen LogP contribution in [0, 0.1) is 0 Å². The van der Waals surface area contributed by atoms with Crippen molar-refractivity contribution in [1.82, 2.24) is 0 Å². The van der Waals surface area contributed by atoms with E-state index in [1.807, 2.05) is 12.2 Å². The normalized spacial score (nSPS) is 13.2. The first-order valence-corrected chi connectivity index (χ1v) is 10.5. The zero-order valence-corrected chi connectivity index (χ0v) is 16.2. The first-order valence-electron chi connectivity index (χ1n) is 6.69. The Kier molecular flexibility index (Phi) is 12.2. The summed E-state index contributed by atoms with van der Waals surface area (Å²) < 4.78 is 42.4. The SMILES string of the molecule is CO[Si](COCC=CCOC[Si](OC)(OC)OC)(OC)OC. The fraction of sp³-hybridized carbons (Fsp3) is 0.833. The Morgan fingerprint density at radius 3 is 1.05 bits per heavy atom. The van der Waals surface area contributed by atoms with Gasteiger partial charge >= 0.3 is 17.6 Å². The van der Waals surface area contributed by atoms with E-state index in [0.29, 0.717) is 13.2 Å². The molecule has 0 aromatic heterocycles. The Morgan fingerprint density at radius 2 is 0.818 bits per heavy atom. The van der Waals surface area contributed by atoms with Gasteiger partial charge in [-0.3, -0.25) is 0 Å². The first kappa shape index (κ1) is 21.9. The van der Waals surface area contributed by atoms with Crippen molar-refractivity contribution in [3.8, 4) is 0 Å². The lowest BCUT2D eigenvalue weighted by Crippen LogP contribution is -2.48. The second kappa shape index (κ2) is 12.3. The average Bonchev–Trinajstić information content (AvgIpc) is 2.58. The van der Waals surface area contributed by atoms with Gasteiger partial charge in [-0.15, -0.1) is 0 Å². The third kappa shape index (κ3) is 7.41. The molecule has 10 heteroatoms. The summed E-state index contributed by atoms with van der Waals surface area (Å²) >= 11 is 0. The molecule has 0 rings (SSSR count). The van der Waals surface area contributed by atoms with Crippen molar-refractivity contribution in [2.45, 2.75) is 0 Å². The lowest BCUT2D eigenvalue weighted by Gasteiger charge is -2.23. The molecule has 0 aromatic rings. The molecule has 0 saturated carbocycles. The van der Waals surface area contributed by atoms with E-state index in [9.17, 15) is 0 Å². The second-order valence-electron chi connectivity index (χ2n) is 4.09. The molecule has 0 fully saturated rings. The minimum Gasteiger partial charge on any atom is -0.375 e. The highest BCUT2D eigenvalue weighted by Gasteiger charge is 2.39. The van der Waals surface area contributed by atoms with Crippen molar-refractivity contribution in [3.63, 3.8) is 0 Å². The summed E-state index contributed by atoms with van der Waals surface area (Å²) in [4.78, 5) is 0. The van der Waals surface area contributed by atoms with Gasteiger partial charge < -0.3 is 36.0 Å². The summed E-state index contributed by atoms with van der Waals surface area (Å²) in [6, 6.07) is 0. The van der Waals surface area contributed by atoms with Gasteiger partial charge in [-0.2, -0.15) is 0 Å². The molecule has 0 N–H and O–H groups in total. The maximum atomic E-state index is 5.46. The summed E-state index contributed by atoms with van der Waals surface area (Å²) in [5.41, 5.74) is 0. The van der Waals surface area contributed by atoms with Gasteiger partial charge in [-0.1, -0.05) is 12.2 Å². The van der Waals surface area contributed by atoms with Gasteiger partial charge in [0, 0.05) is 42.7 Å². The zero-order chi connectivity index (χ0) is 16.9. The summed E-state index contributed by atoms with van der Waals surface area (Å²) in [6.45, 7) is 0.825. The smallest absolute Gasteiger partial charge is 0.375 e. The van der Waals surface area contributed by atoms with Crippen LogP contribution in [0.25, 0.3) is 0 Å². The molecule has 0 radical (unpaired) electrons. The topological polar surface area (TPSA) is 73.8 Å². The Morgan fingerprint density at radius 1 is 0.545 bits per heavy atom. The molecule has 0 spiro atoms. The van der Waals surface area contributed by atoms with Crippen LogP contribution in [-0.4, -0.2) is 85.9 Å². The Bertz CT molecular complexity index is 250. The molecule has 132 valence electrons. The maximum absolute atomic E-state index is 5.46. The van der Waals surface area contributed by atoms with E-state index in [0.717, 1.165) is 0 Å². The van der Waals surface area contributed by atoms with Crippen LogP contribution >= 0.6 is 0 Å². The van der Waals surface area contributed by atoms with E-state index in [1.54, 1.807) is 42.7 Å². The van der Waals surface area contributed by atoms with Gasteiger partial charge in [0.25, 0.3) is 0 Å². The second-order valence-corrected chi connectivity index (χ2v) is 9.85. The van der Waals surface area contributed by atoms with Gasteiger partial charge in [0.1, 0.15) is 12.5 Å². The number of ether oxygens (including phenoxy) is 2. The van der Waals surface area contributed by atoms with Crippen molar-refractivity contribution >= 4 is 17.6 Å². The van der Waals surface area contributed by atoms with Crippen molar-refractivity contribution in [3.05, 3.63) is 12.2 Å². The maximum Gasteiger partial charge on any atom is 0.527 e.